The van der Waals surface area contributed by atoms with Crippen LogP contribution in [-0.4, -0.2) is 13.0 Å². The van der Waals surface area contributed by atoms with Crippen molar-refractivity contribution in [3.8, 4) is 5.75 Å². The highest BCUT2D eigenvalue weighted by molar-refractivity contribution is 6.01. The molecule has 132 valence electrons. The molecule has 3 nitrogen and oxygen atoms in total. The standard InChI is InChI=1S/C22H27NO2/c1-21(2,3)17-11-12-19(25-4)18(15-17)23-20(24)22(13-8-14-22)16-9-6-5-7-10-16/h5-7,9-12,15H,8,13-14H2,1-4H3,(H,23,24). The van der Waals surface area contributed by atoms with Gasteiger partial charge in [-0.1, -0.05) is 63.6 Å². The number of carbonyl (C=O) groups excluding carboxylic acids is 1. The lowest BCUT2D eigenvalue weighted by atomic mass is 9.64. The lowest BCUT2D eigenvalue weighted by Crippen LogP contribution is -2.46. The highest BCUT2D eigenvalue weighted by atomic mass is 16.5. The van der Waals surface area contributed by atoms with Crippen LogP contribution in [0.3, 0.4) is 0 Å². The molecular weight excluding hydrogens is 310 g/mol. The van der Waals surface area contributed by atoms with E-state index in [1.165, 1.54) is 5.56 Å². The summed E-state index contributed by atoms with van der Waals surface area (Å²) in [7, 11) is 1.64. The van der Waals surface area contributed by atoms with Crippen molar-refractivity contribution in [2.45, 2.75) is 50.9 Å². The van der Waals surface area contributed by atoms with Crippen LogP contribution in [0.2, 0.25) is 0 Å². The number of methoxy groups -OCH3 is 1. The average molecular weight is 337 g/mol. The number of hydrogen-bond acceptors (Lipinski definition) is 2. The summed E-state index contributed by atoms with van der Waals surface area (Å²) in [6, 6.07) is 16.1. The van der Waals surface area contributed by atoms with Crippen molar-refractivity contribution in [1.29, 1.82) is 0 Å². The Morgan fingerprint density at radius 1 is 1.08 bits per heavy atom. The molecule has 0 saturated heterocycles. The van der Waals surface area contributed by atoms with Gasteiger partial charge in [0.05, 0.1) is 18.2 Å². The van der Waals surface area contributed by atoms with Crippen LogP contribution in [-0.2, 0) is 15.6 Å². The molecule has 0 bridgehead atoms. The van der Waals surface area contributed by atoms with E-state index in [1.54, 1.807) is 7.11 Å². The third-order valence-corrected chi connectivity index (χ3v) is 5.28. The van der Waals surface area contributed by atoms with Crippen LogP contribution >= 0.6 is 0 Å². The molecule has 3 rings (SSSR count). The van der Waals surface area contributed by atoms with E-state index in [4.69, 9.17) is 4.74 Å². The molecular formula is C22H27NO2. The van der Waals surface area contributed by atoms with E-state index in [1.807, 2.05) is 30.3 Å². The van der Waals surface area contributed by atoms with E-state index in [-0.39, 0.29) is 11.3 Å². The maximum absolute atomic E-state index is 13.2. The Morgan fingerprint density at radius 2 is 1.76 bits per heavy atom. The number of anilines is 1. The number of ether oxygens (including phenoxy) is 1. The highest BCUT2D eigenvalue weighted by Gasteiger charge is 2.45. The number of carbonyl (C=O) groups is 1. The summed E-state index contributed by atoms with van der Waals surface area (Å²) in [6.07, 6.45) is 2.87. The first-order valence-corrected chi connectivity index (χ1v) is 8.92. The van der Waals surface area contributed by atoms with Crippen LogP contribution in [0.25, 0.3) is 0 Å². The summed E-state index contributed by atoms with van der Waals surface area (Å²) in [6.45, 7) is 6.49. The quantitative estimate of drug-likeness (QED) is 0.847. The predicted molar refractivity (Wildman–Crippen MR) is 102 cm³/mol. The molecule has 25 heavy (non-hydrogen) atoms. The third-order valence-electron chi connectivity index (χ3n) is 5.28. The first-order chi connectivity index (χ1) is 11.9. The van der Waals surface area contributed by atoms with Gasteiger partial charge in [0.15, 0.2) is 0 Å². The molecule has 0 unspecified atom stereocenters. The Balaban J connectivity index is 1.92. The van der Waals surface area contributed by atoms with Gasteiger partial charge in [0.2, 0.25) is 5.91 Å². The second kappa shape index (κ2) is 6.55. The molecule has 2 aromatic rings. The van der Waals surface area contributed by atoms with Crippen LogP contribution in [0.5, 0.6) is 5.75 Å². The van der Waals surface area contributed by atoms with Crippen molar-refractivity contribution in [2.75, 3.05) is 12.4 Å². The Morgan fingerprint density at radius 3 is 2.28 bits per heavy atom. The van der Waals surface area contributed by atoms with Crippen molar-refractivity contribution in [2.24, 2.45) is 0 Å². The second-order valence-electron chi connectivity index (χ2n) is 7.92. The zero-order chi connectivity index (χ0) is 18.1. The fourth-order valence-corrected chi connectivity index (χ4v) is 3.45. The molecule has 1 aliphatic carbocycles. The maximum Gasteiger partial charge on any atom is 0.235 e. The Labute approximate surface area is 150 Å². The van der Waals surface area contributed by atoms with Crippen molar-refractivity contribution < 1.29 is 9.53 Å². The highest BCUT2D eigenvalue weighted by Crippen LogP contribution is 2.45. The fourth-order valence-electron chi connectivity index (χ4n) is 3.45. The summed E-state index contributed by atoms with van der Waals surface area (Å²) in [5, 5.41) is 3.15. The molecule has 0 heterocycles. The fraction of sp³-hybridized carbons (Fsp3) is 0.409. The molecule has 1 aliphatic rings. The summed E-state index contributed by atoms with van der Waals surface area (Å²) in [4.78, 5) is 13.2. The van der Waals surface area contributed by atoms with Gasteiger partial charge in [-0.2, -0.15) is 0 Å². The van der Waals surface area contributed by atoms with Gasteiger partial charge in [0, 0.05) is 0 Å². The van der Waals surface area contributed by atoms with Crippen molar-refractivity contribution >= 4 is 11.6 Å². The number of nitrogens with one attached hydrogen (secondary N) is 1. The molecule has 1 N–H and O–H groups in total. The van der Waals surface area contributed by atoms with Gasteiger partial charge in [0.1, 0.15) is 5.75 Å². The molecule has 0 aromatic heterocycles. The van der Waals surface area contributed by atoms with Crippen LogP contribution < -0.4 is 10.1 Å². The monoisotopic (exact) mass is 337 g/mol. The van der Waals surface area contributed by atoms with Gasteiger partial charge in [-0.15, -0.1) is 0 Å². The van der Waals surface area contributed by atoms with E-state index in [0.29, 0.717) is 5.75 Å². The van der Waals surface area contributed by atoms with Crippen molar-refractivity contribution in [1.82, 2.24) is 0 Å². The van der Waals surface area contributed by atoms with E-state index in [9.17, 15) is 4.79 Å². The maximum atomic E-state index is 13.2. The number of benzene rings is 2. The first kappa shape index (κ1) is 17.5. The smallest absolute Gasteiger partial charge is 0.235 e. The Bertz CT molecular complexity index is 755. The molecule has 0 spiro atoms. The molecule has 0 aliphatic heterocycles. The minimum absolute atomic E-state index is 0.0132. The normalized spacial score (nSPS) is 16.0. The number of hydrogen-bond donors (Lipinski definition) is 1. The zero-order valence-electron chi connectivity index (χ0n) is 15.6. The first-order valence-electron chi connectivity index (χ1n) is 8.92. The van der Waals surface area contributed by atoms with Crippen LogP contribution in [0.1, 0.15) is 51.2 Å². The van der Waals surface area contributed by atoms with Crippen LogP contribution in [0, 0.1) is 0 Å². The predicted octanol–water partition coefficient (Wildman–Crippen LogP) is 5.05. The summed E-state index contributed by atoms with van der Waals surface area (Å²) >= 11 is 0. The molecule has 1 saturated carbocycles. The zero-order valence-corrected chi connectivity index (χ0v) is 15.6. The minimum Gasteiger partial charge on any atom is -0.495 e. The number of amides is 1. The molecule has 1 fully saturated rings. The topological polar surface area (TPSA) is 38.3 Å². The average Bonchev–Trinajstić information content (AvgIpc) is 2.54. The summed E-state index contributed by atoms with van der Waals surface area (Å²) in [5.74, 6) is 0.762. The van der Waals surface area contributed by atoms with Gasteiger partial charge >= 0.3 is 0 Å². The van der Waals surface area contributed by atoms with E-state index >= 15 is 0 Å². The largest absolute Gasteiger partial charge is 0.495 e. The van der Waals surface area contributed by atoms with Gasteiger partial charge in [-0.05, 0) is 41.5 Å². The number of rotatable bonds is 4. The van der Waals surface area contributed by atoms with Crippen LogP contribution in [0.15, 0.2) is 48.5 Å². The lowest BCUT2D eigenvalue weighted by molar-refractivity contribution is -0.124. The summed E-state index contributed by atoms with van der Waals surface area (Å²) < 4.78 is 5.47. The SMILES string of the molecule is COc1ccc(C(C)(C)C)cc1NC(=O)C1(c2ccccc2)CCC1. The van der Waals surface area contributed by atoms with Crippen LogP contribution in [0.4, 0.5) is 5.69 Å². The van der Waals surface area contributed by atoms with Gasteiger partial charge in [-0.25, -0.2) is 0 Å². The Kier molecular flexibility index (Phi) is 4.59. The molecule has 2 aromatic carbocycles. The second-order valence-corrected chi connectivity index (χ2v) is 7.92. The molecule has 0 radical (unpaired) electrons. The summed E-state index contributed by atoms with van der Waals surface area (Å²) in [5.41, 5.74) is 2.63. The molecule has 0 atom stereocenters. The van der Waals surface area contributed by atoms with E-state index in [2.05, 4.69) is 44.3 Å². The third kappa shape index (κ3) is 3.28. The van der Waals surface area contributed by atoms with Crippen molar-refractivity contribution in [3.05, 3.63) is 59.7 Å². The minimum atomic E-state index is -0.413. The van der Waals surface area contributed by atoms with Gasteiger partial charge in [0.25, 0.3) is 0 Å². The van der Waals surface area contributed by atoms with E-state index < -0.39 is 5.41 Å². The Hall–Kier alpha value is -2.29. The van der Waals surface area contributed by atoms with Gasteiger partial charge < -0.3 is 10.1 Å². The molecule has 1 amide bonds. The lowest BCUT2D eigenvalue weighted by Gasteiger charge is -2.40. The molecule has 3 heteroatoms. The van der Waals surface area contributed by atoms with Gasteiger partial charge in [-0.3, -0.25) is 4.79 Å². The van der Waals surface area contributed by atoms with Crippen molar-refractivity contribution in [3.63, 3.8) is 0 Å². The van der Waals surface area contributed by atoms with E-state index in [0.717, 1.165) is 30.5 Å².